The van der Waals surface area contributed by atoms with Gasteiger partial charge in [0, 0.05) is 18.6 Å². The van der Waals surface area contributed by atoms with Crippen LogP contribution in [0.4, 0.5) is 0 Å². The Morgan fingerprint density at radius 3 is 2.63 bits per heavy atom. The minimum absolute atomic E-state index is 0.298. The van der Waals surface area contributed by atoms with Crippen molar-refractivity contribution in [1.29, 1.82) is 5.26 Å². The van der Waals surface area contributed by atoms with Gasteiger partial charge in [0.15, 0.2) is 0 Å². The van der Waals surface area contributed by atoms with E-state index in [1.165, 1.54) is 58.2 Å². The van der Waals surface area contributed by atoms with E-state index in [2.05, 4.69) is 22.9 Å². The first-order valence-corrected chi connectivity index (χ1v) is 8.13. The van der Waals surface area contributed by atoms with Crippen molar-refractivity contribution in [3.63, 3.8) is 0 Å². The summed E-state index contributed by atoms with van der Waals surface area (Å²) in [6, 6.07) is 3.96. The predicted molar refractivity (Wildman–Crippen MR) is 76.7 cm³/mol. The summed E-state index contributed by atoms with van der Waals surface area (Å²) in [7, 11) is 2.30. The maximum atomic E-state index is 9.38. The fraction of sp³-hybridized carbons (Fsp3) is 0.938. The van der Waals surface area contributed by atoms with Gasteiger partial charge in [0.25, 0.3) is 0 Å². The van der Waals surface area contributed by atoms with Crippen molar-refractivity contribution in [2.45, 2.75) is 57.0 Å². The van der Waals surface area contributed by atoms with Crippen molar-refractivity contribution >= 4 is 0 Å². The molecule has 3 nitrogen and oxygen atoms in total. The summed E-state index contributed by atoms with van der Waals surface area (Å²) in [4.78, 5) is 5.25. The zero-order valence-corrected chi connectivity index (χ0v) is 12.2. The molecule has 0 N–H and O–H groups in total. The van der Waals surface area contributed by atoms with E-state index in [1.54, 1.807) is 0 Å². The third-order valence-electron chi connectivity index (χ3n) is 5.74. The molecule has 19 heavy (non-hydrogen) atoms. The third-order valence-corrected chi connectivity index (χ3v) is 5.74. The van der Waals surface area contributed by atoms with Crippen LogP contribution in [0.15, 0.2) is 0 Å². The topological polar surface area (TPSA) is 30.3 Å². The van der Waals surface area contributed by atoms with Crippen LogP contribution in [0.2, 0.25) is 0 Å². The lowest BCUT2D eigenvalue weighted by atomic mass is 9.79. The largest absolute Gasteiger partial charge is 0.303 e. The first-order valence-electron chi connectivity index (χ1n) is 8.13. The number of likely N-dealkylation sites (tertiary alicyclic amines) is 2. The van der Waals surface area contributed by atoms with Gasteiger partial charge in [-0.25, -0.2) is 0 Å². The molecular weight excluding hydrogens is 234 g/mol. The molecule has 3 heteroatoms. The molecule has 3 fully saturated rings. The molecule has 2 saturated heterocycles. The number of fused-ring (bicyclic) bond motifs is 1. The van der Waals surface area contributed by atoms with Gasteiger partial charge in [0.1, 0.15) is 0 Å². The molecular formula is C16H27N3. The van der Waals surface area contributed by atoms with Crippen molar-refractivity contribution in [3.05, 3.63) is 0 Å². The van der Waals surface area contributed by atoms with Gasteiger partial charge in [0.05, 0.1) is 12.0 Å². The molecule has 0 aromatic rings. The van der Waals surface area contributed by atoms with E-state index in [1.807, 2.05) is 0 Å². The summed E-state index contributed by atoms with van der Waals surface area (Å²) in [5.74, 6) is 1.15. The Morgan fingerprint density at radius 1 is 0.947 bits per heavy atom. The molecule has 0 spiro atoms. The molecule has 1 saturated carbocycles. The van der Waals surface area contributed by atoms with Crippen LogP contribution in [0.25, 0.3) is 0 Å². The van der Waals surface area contributed by atoms with Crippen LogP contribution in [-0.4, -0.2) is 48.6 Å². The highest BCUT2D eigenvalue weighted by molar-refractivity contribution is 4.99. The summed E-state index contributed by atoms with van der Waals surface area (Å²) < 4.78 is 0. The Hall–Kier alpha value is -0.590. The second-order valence-electron chi connectivity index (χ2n) is 6.82. The lowest BCUT2D eigenvalue weighted by molar-refractivity contribution is 0.00447. The standard InChI is InChI=1S/C16H27N3/c1-18-9-4-6-14-12-19(10-8-15(14)18)16-7-3-2-5-13(16)11-17/h13-16H,2-10,12H2,1H3. The van der Waals surface area contributed by atoms with Gasteiger partial charge in [-0.2, -0.15) is 5.26 Å². The Kier molecular flexibility index (Phi) is 4.10. The summed E-state index contributed by atoms with van der Waals surface area (Å²) in [5, 5.41) is 9.38. The molecule has 2 heterocycles. The quantitative estimate of drug-likeness (QED) is 0.726. The van der Waals surface area contributed by atoms with Crippen LogP contribution in [0.3, 0.4) is 0 Å². The minimum atomic E-state index is 0.298. The molecule has 0 aromatic heterocycles. The predicted octanol–water partition coefficient (Wildman–Crippen LogP) is 2.48. The number of rotatable bonds is 1. The smallest absolute Gasteiger partial charge is 0.0672 e. The van der Waals surface area contributed by atoms with Gasteiger partial charge in [-0.15, -0.1) is 0 Å². The molecule has 0 bridgehead atoms. The Morgan fingerprint density at radius 2 is 1.79 bits per heavy atom. The van der Waals surface area contributed by atoms with E-state index >= 15 is 0 Å². The Bertz CT molecular complexity index is 348. The van der Waals surface area contributed by atoms with E-state index < -0.39 is 0 Å². The summed E-state index contributed by atoms with van der Waals surface area (Å²) >= 11 is 0. The van der Waals surface area contributed by atoms with E-state index in [0.29, 0.717) is 12.0 Å². The lowest BCUT2D eigenvalue weighted by Crippen LogP contribution is -2.56. The maximum Gasteiger partial charge on any atom is 0.0672 e. The molecule has 4 unspecified atom stereocenters. The summed E-state index contributed by atoms with van der Waals surface area (Å²) in [5.41, 5.74) is 0. The number of hydrogen-bond donors (Lipinski definition) is 0. The normalized spacial score (nSPS) is 41.5. The molecule has 2 aliphatic heterocycles. The Labute approximate surface area is 117 Å². The first-order chi connectivity index (χ1) is 9.29. The second kappa shape index (κ2) is 5.81. The minimum Gasteiger partial charge on any atom is -0.303 e. The third kappa shape index (κ3) is 2.66. The number of nitriles is 1. The van der Waals surface area contributed by atoms with E-state index in [4.69, 9.17) is 0 Å². The molecule has 106 valence electrons. The van der Waals surface area contributed by atoms with Crippen molar-refractivity contribution in [1.82, 2.24) is 9.80 Å². The van der Waals surface area contributed by atoms with Gasteiger partial charge in [-0.05, 0) is 58.2 Å². The van der Waals surface area contributed by atoms with Crippen LogP contribution in [0.5, 0.6) is 0 Å². The maximum absolute atomic E-state index is 9.38. The lowest BCUT2D eigenvalue weighted by Gasteiger charge is -2.49. The number of piperidine rings is 2. The summed E-state index contributed by atoms with van der Waals surface area (Å²) in [6.07, 6.45) is 9.05. The average molecular weight is 261 g/mol. The van der Waals surface area contributed by atoms with Gasteiger partial charge in [-0.1, -0.05) is 12.8 Å². The fourth-order valence-corrected chi connectivity index (χ4v) is 4.68. The fourth-order valence-electron chi connectivity index (χ4n) is 4.68. The van der Waals surface area contributed by atoms with E-state index in [-0.39, 0.29) is 0 Å². The summed E-state index contributed by atoms with van der Waals surface area (Å²) in [6.45, 7) is 3.75. The first kappa shape index (κ1) is 13.4. The van der Waals surface area contributed by atoms with Crippen LogP contribution in [0.1, 0.15) is 44.9 Å². The SMILES string of the molecule is CN1CCCC2CN(C3CCCCC3C#N)CCC21. The van der Waals surface area contributed by atoms with E-state index in [0.717, 1.165) is 18.4 Å². The molecule has 1 aliphatic carbocycles. The molecule has 0 aromatic carbocycles. The molecule has 0 radical (unpaired) electrons. The highest BCUT2D eigenvalue weighted by Gasteiger charge is 2.38. The van der Waals surface area contributed by atoms with Crippen molar-refractivity contribution < 1.29 is 0 Å². The van der Waals surface area contributed by atoms with E-state index in [9.17, 15) is 5.26 Å². The monoisotopic (exact) mass is 261 g/mol. The number of nitrogens with zero attached hydrogens (tertiary/aromatic N) is 3. The van der Waals surface area contributed by atoms with Crippen LogP contribution in [0, 0.1) is 23.2 Å². The highest BCUT2D eigenvalue weighted by Crippen LogP contribution is 2.35. The average Bonchev–Trinajstić information content (AvgIpc) is 2.47. The highest BCUT2D eigenvalue weighted by atomic mass is 15.2. The number of hydrogen-bond acceptors (Lipinski definition) is 3. The second-order valence-corrected chi connectivity index (χ2v) is 6.82. The van der Waals surface area contributed by atoms with Gasteiger partial charge in [0.2, 0.25) is 0 Å². The molecule has 0 amide bonds. The van der Waals surface area contributed by atoms with Crippen LogP contribution < -0.4 is 0 Å². The van der Waals surface area contributed by atoms with Gasteiger partial charge in [-0.3, -0.25) is 4.90 Å². The zero-order chi connectivity index (χ0) is 13.2. The van der Waals surface area contributed by atoms with Crippen LogP contribution in [-0.2, 0) is 0 Å². The van der Waals surface area contributed by atoms with Gasteiger partial charge >= 0.3 is 0 Å². The molecule has 4 atom stereocenters. The van der Waals surface area contributed by atoms with Crippen molar-refractivity contribution in [3.8, 4) is 6.07 Å². The van der Waals surface area contributed by atoms with Crippen molar-refractivity contribution in [2.24, 2.45) is 11.8 Å². The zero-order valence-electron chi connectivity index (χ0n) is 12.2. The van der Waals surface area contributed by atoms with Crippen LogP contribution >= 0.6 is 0 Å². The molecule has 3 aliphatic rings. The Balaban J connectivity index is 1.65. The van der Waals surface area contributed by atoms with Crippen molar-refractivity contribution in [2.75, 3.05) is 26.7 Å². The van der Waals surface area contributed by atoms with Gasteiger partial charge < -0.3 is 4.90 Å². The molecule has 3 rings (SSSR count).